The number of methoxy groups -OCH3 is 3. The zero-order chi connectivity index (χ0) is 39.8. The molecule has 0 spiro atoms. The minimum atomic E-state index is -1.42. The molecule has 55 heavy (non-hydrogen) atoms. The van der Waals surface area contributed by atoms with Crippen LogP contribution in [0.25, 0.3) is 16.8 Å². The lowest BCUT2D eigenvalue weighted by Crippen LogP contribution is -2.38. The fraction of sp³-hybridized carbons (Fsp3) is 0.282. The molecule has 0 saturated heterocycles. The molecular formula is C39H41F3N4O8S. The highest BCUT2D eigenvalue weighted by Gasteiger charge is 2.22. The van der Waals surface area contributed by atoms with Gasteiger partial charge in [-0.1, -0.05) is 23.9 Å². The van der Waals surface area contributed by atoms with Gasteiger partial charge in [0, 0.05) is 54.7 Å². The van der Waals surface area contributed by atoms with E-state index in [9.17, 15) is 24.5 Å². The van der Waals surface area contributed by atoms with E-state index < -0.39 is 48.3 Å². The number of benzene rings is 4. The van der Waals surface area contributed by atoms with Crippen LogP contribution in [0.5, 0.6) is 17.2 Å². The second kappa shape index (κ2) is 18.4. The zero-order valence-electron chi connectivity index (χ0n) is 30.4. The van der Waals surface area contributed by atoms with E-state index >= 15 is 8.78 Å². The van der Waals surface area contributed by atoms with E-state index in [1.807, 2.05) is 11.0 Å². The predicted octanol–water partition coefficient (Wildman–Crippen LogP) is 5.24. The molecule has 1 aromatic heterocycles. The number of aromatic nitrogens is 2. The number of halogens is 3. The predicted molar refractivity (Wildman–Crippen MR) is 201 cm³/mol. The van der Waals surface area contributed by atoms with Crippen LogP contribution in [0.15, 0.2) is 84.1 Å². The van der Waals surface area contributed by atoms with Crippen LogP contribution in [0.2, 0.25) is 0 Å². The van der Waals surface area contributed by atoms with Crippen molar-refractivity contribution in [2.24, 2.45) is 0 Å². The molecule has 0 aliphatic rings. The van der Waals surface area contributed by atoms with Crippen LogP contribution < -0.4 is 24.4 Å². The molecular weight excluding hydrogens is 742 g/mol. The summed E-state index contributed by atoms with van der Waals surface area (Å²) in [5.74, 6) is -1.27. The SMILES string of the molecule is COc1cc(-n2c(N(C)c3ccc(OC)c(OC)c3)cnc2SCc2c(F)cc(-c3ccc(C(=O)NC[C@H](O)C[C@H](O)[C@H](O)CO)cc3)cc2F)ccc1F. The molecule has 0 unspecified atom stereocenters. The van der Waals surface area contributed by atoms with Gasteiger partial charge in [-0.15, -0.1) is 0 Å². The van der Waals surface area contributed by atoms with Crippen molar-refractivity contribution in [3.05, 3.63) is 108 Å². The number of anilines is 2. The molecule has 5 aromatic rings. The molecule has 4 aromatic carbocycles. The molecule has 292 valence electrons. The Kier molecular flexibility index (Phi) is 13.7. The van der Waals surface area contributed by atoms with Crippen LogP contribution in [-0.2, 0) is 5.75 Å². The number of imidazole rings is 1. The van der Waals surface area contributed by atoms with Gasteiger partial charge in [-0.2, -0.15) is 0 Å². The highest BCUT2D eigenvalue weighted by Crippen LogP contribution is 2.38. The molecule has 0 radical (unpaired) electrons. The monoisotopic (exact) mass is 782 g/mol. The van der Waals surface area contributed by atoms with Gasteiger partial charge in [0.25, 0.3) is 5.91 Å². The minimum Gasteiger partial charge on any atom is -0.494 e. The summed E-state index contributed by atoms with van der Waals surface area (Å²) in [5.41, 5.74) is 1.89. The quantitative estimate of drug-likeness (QED) is 0.0787. The molecule has 0 fully saturated rings. The Bertz CT molecular complexity index is 2080. The first kappa shape index (κ1) is 40.9. The van der Waals surface area contributed by atoms with E-state index in [1.165, 1.54) is 69.9 Å². The van der Waals surface area contributed by atoms with Gasteiger partial charge in [-0.05, 0) is 59.7 Å². The Morgan fingerprint density at radius 1 is 0.836 bits per heavy atom. The van der Waals surface area contributed by atoms with E-state index in [0.717, 1.165) is 11.8 Å². The third-order valence-electron chi connectivity index (χ3n) is 8.81. The second-order valence-electron chi connectivity index (χ2n) is 12.4. The first-order chi connectivity index (χ1) is 26.4. The van der Waals surface area contributed by atoms with E-state index in [0.29, 0.717) is 39.4 Å². The summed E-state index contributed by atoms with van der Waals surface area (Å²) >= 11 is 1.07. The van der Waals surface area contributed by atoms with Crippen molar-refractivity contribution in [2.45, 2.75) is 35.6 Å². The van der Waals surface area contributed by atoms with Crippen molar-refractivity contribution in [1.29, 1.82) is 0 Å². The molecule has 0 aliphatic heterocycles. The van der Waals surface area contributed by atoms with Crippen molar-refractivity contribution >= 4 is 29.2 Å². The first-order valence-corrected chi connectivity index (χ1v) is 17.9. The molecule has 0 bridgehead atoms. The van der Waals surface area contributed by atoms with Crippen LogP contribution >= 0.6 is 11.8 Å². The van der Waals surface area contributed by atoms with Gasteiger partial charge in [0.15, 0.2) is 28.2 Å². The maximum Gasteiger partial charge on any atom is 0.251 e. The molecule has 1 heterocycles. The number of aliphatic hydroxyl groups is 4. The summed E-state index contributed by atoms with van der Waals surface area (Å²) in [4.78, 5) is 19.0. The molecule has 16 heteroatoms. The van der Waals surface area contributed by atoms with E-state index in [1.54, 1.807) is 36.0 Å². The van der Waals surface area contributed by atoms with Gasteiger partial charge in [-0.3, -0.25) is 9.36 Å². The highest BCUT2D eigenvalue weighted by molar-refractivity contribution is 7.98. The molecule has 5 rings (SSSR count). The highest BCUT2D eigenvalue weighted by atomic mass is 32.2. The Morgan fingerprint density at radius 3 is 2.15 bits per heavy atom. The summed E-state index contributed by atoms with van der Waals surface area (Å²) in [6.45, 7) is -0.897. The fourth-order valence-electron chi connectivity index (χ4n) is 5.67. The summed E-state index contributed by atoms with van der Waals surface area (Å²) in [6, 6.07) is 18.0. The number of rotatable bonds is 17. The van der Waals surface area contributed by atoms with Gasteiger partial charge in [0.1, 0.15) is 23.6 Å². The summed E-state index contributed by atoms with van der Waals surface area (Å²) in [6.07, 6.45) is -2.64. The van der Waals surface area contributed by atoms with Crippen LogP contribution in [-0.4, -0.2) is 95.7 Å². The maximum atomic E-state index is 15.6. The van der Waals surface area contributed by atoms with Gasteiger partial charge in [-0.25, -0.2) is 18.2 Å². The smallest absolute Gasteiger partial charge is 0.251 e. The first-order valence-electron chi connectivity index (χ1n) is 16.9. The largest absolute Gasteiger partial charge is 0.494 e. The van der Waals surface area contributed by atoms with Crippen molar-refractivity contribution in [1.82, 2.24) is 14.9 Å². The van der Waals surface area contributed by atoms with Crippen molar-refractivity contribution in [2.75, 3.05) is 46.4 Å². The number of nitrogens with zero attached hydrogens (tertiary/aromatic N) is 3. The number of thioether (sulfide) groups is 1. The lowest BCUT2D eigenvalue weighted by molar-refractivity contribution is -0.0358. The molecule has 0 aliphatic carbocycles. The van der Waals surface area contributed by atoms with E-state index in [2.05, 4.69) is 10.3 Å². The van der Waals surface area contributed by atoms with Crippen LogP contribution in [0, 0.1) is 17.5 Å². The standard InChI is InChI=1S/C39H41F3N4O8S/c1-45(25-10-12-34(52-2)36(15-25)54-4)37-19-44-39(46(37)26-9-11-29(40)35(16-26)53-3)55-21-28-30(41)13-24(14-31(28)42)22-5-7-23(8-6-22)38(51)43-18-27(48)17-32(49)33(50)20-47/h5-16,19,27,32-33,47-50H,17-18,20-21H2,1-4H3,(H,43,51)/t27-,32+,33-/m1/s1. The number of aliphatic hydroxyl groups excluding tert-OH is 4. The van der Waals surface area contributed by atoms with Crippen LogP contribution in [0.3, 0.4) is 0 Å². The average molecular weight is 783 g/mol. The second-order valence-corrected chi connectivity index (χ2v) is 13.3. The third kappa shape index (κ3) is 9.52. The number of carbonyl (C=O) groups is 1. The number of carbonyl (C=O) groups excluding carboxylic acids is 1. The van der Waals surface area contributed by atoms with Crippen molar-refractivity contribution in [3.8, 4) is 34.1 Å². The Morgan fingerprint density at radius 2 is 1.51 bits per heavy atom. The molecule has 1 amide bonds. The van der Waals surface area contributed by atoms with Crippen molar-refractivity contribution in [3.63, 3.8) is 0 Å². The Hall–Kier alpha value is -5.26. The Balaban J connectivity index is 1.34. The summed E-state index contributed by atoms with van der Waals surface area (Å²) < 4.78 is 63.4. The summed E-state index contributed by atoms with van der Waals surface area (Å²) in [7, 11) is 6.20. The Labute approximate surface area is 319 Å². The number of hydrogen-bond donors (Lipinski definition) is 5. The van der Waals surface area contributed by atoms with E-state index in [-0.39, 0.29) is 41.2 Å². The lowest BCUT2D eigenvalue weighted by atomic mass is 10.0. The molecule has 12 nitrogen and oxygen atoms in total. The number of ether oxygens (including phenoxy) is 3. The van der Waals surface area contributed by atoms with Gasteiger partial charge >= 0.3 is 0 Å². The summed E-state index contributed by atoms with van der Waals surface area (Å²) in [5, 5.41) is 41.0. The fourth-order valence-corrected chi connectivity index (χ4v) is 6.68. The normalized spacial score (nSPS) is 12.9. The average Bonchev–Trinajstić information content (AvgIpc) is 3.62. The topological polar surface area (TPSA) is 159 Å². The van der Waals surface area contributed by atoms with Gasteiger partial charge < -0.3 is 44.9 Å². The zero-order valence-corrected chi connectivity index (χ0v) is 31.2. The molecule has 5 N–H and O–H groups in total. The van der Waals surface area contributed by atoms with Crippen LogP contribution in [0.1, 0.15) is 22.3 Å². The van der Waals surface area contributed by atoms with Crippen molar-refractivity contribution < 1.29 is 52.6 Å². The van der Waals surface area contributed by atoms with Crippen LogP contribution in [0.4, 0.5) is 24.7 Å². The number of nitrogens with one attached hydrogen (secondary N) is 1. The van der Waals surface area contributed by atoms with Gasteiger partial charge in [0.05, 0.1) is 52.0 Å². The third-order valence-corrected chi connectivity index (χ3v) is 9.79. The van der Waals surface area contributed by atoms with E-state index in [4.69, 9.17) is 19.3 Å². The maximum absolute atomic E-state index is 15.6. The number of amides is 1. The molecule has 0 saturated carbocycles. The minimum absolute atomic E-state index is 0.00502. The number of hydrogen-bond acceptors (Lipinski definition) is 11. The lowest BCUT2D eigenvalue weighted by Gasteiger charge is -2.23. The van der Waals surface area contributed by atoms with Gasteiger partial charge in [0.2, 0.25) is 0 Å². The molecule has 3 atom stereocenters.